The fourth-order valence-corrected chi connectivity index (χ4v) is 2.35. The Hall–Kier alpha value is -1.99. The number of aliphatic hydroxyl groups is 1. The maximum Gasteiger partial charge on any atom is 0.198 e. The van der Waals surface area contributed by atoms with E-state index in [0.717, 1.165) is 15.5 Å². The lowest BCUT2D eigenvalue weighted by atomic mass is 10.2. The number of aliphatic hydroxyl groups excluding tert-OH is 1. The second-order valence-electron chi connectivity index (χ2n) is 3.60. The monoisotopic (exact) mass is 259 g/mol. The smallest absolute Gasteiger partial charge is 0.198 e. The molecule has 3 aromatic rings. The van der Waals surface area contributed by atoms with Crippen molar-refractivity contribution in [1.29, 1.82) is 0 Å². The molecule has 2 heterocycles. The van der Waals surface area contributed by atoms with Crippen LogP contribution in [0.4, 0.5) is 0 Å². The molecule has 90 valence electrons. The summed E-state index contributed by atoms with van der Waals surface area (Å²) in [6, 6.07) is 7.66. The first-order valence-electron chi connectivity index (χ1n) is 5.26. The van der Waals surface area contributed by atoms with Gasteiger partial charge in [-0.25, -0.2) is 0 Å². The van der Waals surface area contributed by atoms with Gasteiger partial charge in [-0.2, -0.15) is 4.52 Å². The normalized spacial score (nSPS) is 10.9. The molecule has 6 nitrogen and oxygen atoms in total. The average Bonchev–Trinajstić information content (AvgIpc) is 2.89. The van der Waals surface area contributed by atoms with Gasteiger partial charge in [0.15, 0.2) is 5.65 Å². The molecule has 0 unspecified atom stereocenters. The molecule has 2 aromatic heterocycles. The van der Waals surface area contributed by atoms with Crippen molar-refractivity contribution < 1.29 is 5.11 Å². The summed E-state index contributed by atoms with van der Waals surface area (Å²) >= 11 is 1.52. The Bertz CT molecular complexity index is 667. The zero-order chi connectivity index (χ0) is 12.4. The van der Waals surface area contributed by atoms with E-state index in [4.69, 9.17) is 5.11 Å². The average molecular weight is 259 g/mol. The summed E-state index contributed by atoms with van der Waals surface area (Å²) in [5.41, 5.74) is 1.50. The van der Waals surface area contributed by atoms with Crippen molar-refractivity contribution in [2.24, 2.45) is 0 Å². The first-order chi connectivity index (χ1) is 8.86. The van der Waals surface area contributed by atoms with E-state index in [2.05, 4.69) is 20.5 Å². The topological polar surface area (TPSA) is 76.2 Å². The van der Waals surface area contributed by atoms with Crippen LogP contribution < -0.4 is 0 Å². The highest BCUT2D eigenvalue weighted by atomic mass is 32.2. The highest BCUT2D eigenvalue weighted by Gasteiger charge is 2.05. The van der Waals surface area contributed by atoms with Gasteiger partial charge in [0, 0.05) is 4.90 Å². The first-order valence-corrected chi connectivity index (χ1v) is 6.08. The minimum atomic E-state index is 0.0507. The van der Waals surface area contributed by atoms with Crippen LogP contribution in [0.5, 0.6) is 0 Å². The summed E-state index contributed by atoms with van der Waals surface area (Å²) in [5.74, 6) is 0. The zero-order valence-corrected chi connectivity index (χ0v) is 10.1. The molecule has 0 aliphatic carbocycles. The van der Waals surface area contributed by atoms with Crippen molar-refractivity contribution in [3.63, 3.8) is 0 Å². The number of tetrazole rings is 1. The number of rotatable bonds is 3. The predicted octanol–water partition coefficient (Wildman–Crippen LogP) is 1.16. The van der Waals surface area contributed by atoms with Crippen molar-refractivity contribution >= 4 is 17.4 Å². The lowest BCUT2D eigenvalue weighted by Gasteiger charge is -2.03. The Balaban J connectivity index is 1.93. The summed E-state index contributed by atoms with van der Waals surface area (Å²) in [6.45, 7) is 0.0507. The minimum Gasteiger partial charge on any atom is -0.392 e. The van der Waals surface area contributed by atoms with Crippen molar-refractivity contribution in [1.82, 2.24) is 25.0 Å². The van der Waals surface area contributed by atoms with Crippen LogP contribution in [-0.4, -0.2) is 30.1 Å². The Kier molecular flexibility index (Phi) is 2.91. The van der Waals surface area contributed by atoms with Crippen molar-refractivity contribution in [2.45, 2.75) is 16.5 Å². The van der Waals surface area contributed by atoms with Gasteiger partial charge < -0.3 is 5.11 Å². The van der Waals surface area contributed by atoms with E-state index >= 15 is 0 Å². The predicted molar refractivity (Wildman–Crippen MR) is 65.1 cm³/mol. The molecule has 0 saturated carbocycles. The molecule has 1 N–H and O–H groups in total. The fraction of sp³-hybridized carbons (Fsp3) is 0.0909. The van der Waals surface area contributed by atoms with Crippen LogP contribution in [0.2, 0.25) is 0 Å². The number of fused-ring (bicyclic) bond motifs is 1. The largest absolute Gasteiger partial charge is 0.392 e. The third kappa shape index (κ3) is 2.05. The van der Waals surface area contributed by atoms with Gasteiger partial charge in [0.25, 0.3) is 0 Å². The van der Waals surface area contributed by atoms with E-state index in [1.165, 1.54) is 11.8 Å². The van der Waals surface area contributed by atoms with Crippen molar-refractivity contribution in [3.8, 4) is 0 Å². The molecule has 0 aliphatic heterocycles. The molecule has 7 heteroatoms. The van der Waals surface area contributed by atoms with Gasteiger partial charge in [0.2, 0.25) is 0 Å². The molecule has 0 spiro atoms. The standard InChI is InChI=1S/C11H9N5OS/c17-7-8-1-3-9(4-2-8)18-11-6-12-5-10-13-14-15-16(10)11/h1-6,17H,7H2. The summed E-state index contributed by atoms with van der Waals surface area (Å²) in [5, 5.41) is 21.2. The number of nitrogens with zero attached hydrogens (tertiary/aromatic N) is 5. The molecule has 0 bridgehead atoms. The second-order valence-corrected chi connectivity index (χ2v) is 4.69. The lowest BCUT2D eigenvalue weighted by Crippen LogP contribution is -1.93. The van der Waals surface area contributed by atoms with Crippen LogP contribution in [-0.2, 0) is 6.61 Å². The molecule has 0 amide bonds. The van der Waals surface area contributed by atoms with E-state index in [9.17, 15) is 0 Å². The Morgan fingerprint density at radius 3 is 2.78 bits per heavy atom. The van der Waals surface area contributed by atoms with Gasteiger partial charge in [-0.3, -0.25) is 4.98 Å². The number of aromatic nitrogens is 5. The maximum atomic E-state index is 8.98. The number of benzene rings is 1. The minimum absolute atomic E-state index is 0.0507. The van der Waals surface area contributed by atoms with Crippen LogP contribution in [0.3, 0.4) is 0 Å². The molecule has 0 radical (unpaired) electrons. The Morgan fingerprint density at radius 2 is 2.00 bits per heavy atom. The third-order valence-electron chi connectivity index (χ3n) is 2.41. The second kappa shape index (κ2) is 4.71. The molecular formula is C11H9N5OS. The van der Waals surface area contributed by atoms with Gasteiger partial charge in [0.1, 0.15) is 5.03 Å². The Morgan fingerprint density at radius 1 is 1.17 bits per heavy atom. The maximum absolute atomic E-state index is 8.98. The summed E-state index contributed by atoms with van der Waals surface area (Å²) < 4.78 is 1.64. The molecule has 0 aliphatic rings. The molecule has 0 atom stereocenters. The Labute approximate surface area is 107 Å². The van der Waals surface area contributed by atoms with Gasteiger partial charge in [-0.15, -0.1) is 5.10 Å². The molecule has 3 rings (SSSR count). The van der Waals surface area contributed by atoms with Crippen LogP contribution in [0.25, 0.3) is 5.65 Å². The van der Waals surface area contributed by atoms with E-state index in [1.54, 1.807) is 16.9 Å². The quantitative estimate of drug-likeness (QED) is 0.760. The van der Waals surface area contributed by atoms with Gasteiger partial charge in [-0.05, 0) is 28.1 Å². The third-order valence-corrected chi connectivity index (χ3v) is 3.40. The number of hydrogen-bond donors (Lipinski definition) is 1. The molecule has 1 aromatic carbocycles. The SMILES string of the molecule is OCc1ccc(Sc2cncc3nnnn23)cc1. The molecule has 18 heavy (non-hydrogen) atoms. The highest BCUT2D eigenvalue weighted by molar-refractivity contribution is 7.99. The fourth-order valence-electron chi connectivity index (χ4n) is 1.51. The highest BCUT2D eigenvalue weighted by Crippen LogP contribution is 2.26. The van der Waals surface area contributed by atoms with Gasteiger partial charge in [-0.1, -0.05) is 23.9 Å². The van der Waals surface area contributed by atoms with Crippen LogP contribution in [0, 0.1) is 0 Å². The number of hydrogen-bond acceptors (Lipinski definition) is 6. The summed E-state index contributed by atoms with van der Waals surface area (Å²) in [4.78, 5) is 5.13. The van der Waals surface area contributed by atoms with Crippen LogP contribution in [0.15, 0.2) is 46.6 Å². The van der Waals surface area contributed by atoms with Crippen molar-refractivity contribution in [3.05, 3.63) is 42.2 Å². The molecule has 0 fully saturated rings. The molecule has 0 saturated heterocycles. The summed E-state index contributed by atoms with van der Waals surface area (Å²) in [7, 11) is 0. The van der Waals surface area contributed by atoms with E-state index in [0.29, 0.717) is 5.65 Å². The van der Waals surface area contributed by atoms with Gasteiger partial charge >= 0.3 is 0 Å². The zero-order valence-electron chi connectivity index (χ0n) is 9.26. The lowest BCUT2D eigenvalue weighted by molar-refractivity contribution is 0.282. The first kappa shape index (κ1) is 11.1. The van der Waals surface area contributed by atoms with E-state index in [-0.39, 0.29) is 6.61 Å². The van der Waals surface area contributed by atoms with E-state index in [1.807, 2.05) is 24.3 Å². The molecular weight excluding hydrogens is 250 g/mol. The van der Waals surface area contributed by atoms with Crippen LogP contribution >= 0.6 is 11.8 Å². The van der Waals surface area contributed by atoms with Gasteiger partial charge in [0.05, 0.1) is 19.0 Å². The van der Waals surface area contributed by atoms with Crippen molar-refractivity contribution in [2.75, 3.05) is 0 Å². The van der Waals surface area contributed by atoms with E-state index < -0.39 is 0 Å². The van der Waals surface area contributed by atoms with Crippen LogP contribution in [0.1, 0.15) is 5.56 Å². The summed E-state index contributed by atoms with van der Waals surface area (Å²) in [6.07, 6.45) is 3.33.